The van der Waals surface area contributed by atoms with E-state index >= 15 is 0 Å². The number of nitriles is 1. The van der Waals surface area contributed by atoms with E-state index in [9.17, 15) is 4.79 Å². The molecule has 0 bridgehead atoms. The number of hydrogen-bond donors (Lipinski definition) is 1. The van der Waals surface area contributed by atoms with Gasteiger partial charge in [-0.05, 0) is 13.0 Å². The predicted molar refractivity (Wildman–Crippen MR) is 42.3 cm³/mol. The molecule has 4 heteroatoms. The monoisotopic (exact) mass is 164 g/mol. The van der Waals surface area contributed by atoms with Crippen molar-refractivity contribution in [2.24, 2.45) is 0 Å². The van der Waals surface area contributed by atoms with E-state index in [2.05, 4.69) is 5.32 Å². The molecule has 62 valence electrons. The molecule has 0 saturated carbocycles. The summed E-state index contributed by atoms with van der Waals surface area (Å²) in [7, 11) is 0. The van der Waals surface area contributed by atoms with E-state index in [1.165, 1.54) is 0 Å². The highest BCUT2D eigenvalue weighted by atomic mass is 16.4. The van der Waals surface area contributed by atoms with E-state index < -0.39 is 0 Å². The number of furan rings is 1. The summed E-state index contributed by atoms with van der Waals surface area (Å²) in [6.07, 6.45) is -0.153. The zero-order valence-electron chi connectivity index (χ0n) is 6.63. The molecule has 0 aliphatic heterocycles. The van der Waals surface area contributed by atoms with Crippen LogP contribution < -0.4 is 5.32 Å². The first kappa shape index (κ1) is 8.34. The highest BCUT2D eigenvalue weighted by Gasteiger charge is 2.03. The number of carbonyl (C=O) groups is 1. The number of anilines is 1. The van der Waals surface area contributed by atoms with Gasteiger partial charge in [-0.25, -0.2) is 0 Å². The van der Waals surface area contributed by atoms with E-state index in [1.54, 1.807) is 25.1 Å². The van der Waals surface area contributed by atoms with Crippen LogP contribution in [0.5, 0.6) is 0 Å². The fourth-order valence-corrected chi connectivity index (χ4v) is 0.755. The molecule has 0 spiro atoms. The second-order valence-corrected chi connectivity index (χ2v) is 2.29. The molecule has 0 saturated heterocycles. The van der Waals surface area contributed by atoms with Crippen molar-refractivity contribution < 1.29 is 9.21 Å². The highest BCUT2D eigenvalue weighted by Crippen LogP contribution is 2.11. The summed E-state index contributed by atoms with van der Waals surface area (Å²) in [5.74, 6) is 0.752. The van der Waals surface area contributed by atoms with Gasteiger partial charge in [0.2, 0.25) is 5.91 Å². The van der Waals surface area contributed by atoms with E-state index in [0.717, 1.165) is 5.76 Å². The van der Waals surface area contributed by atoms with E-state index in [-0.39, 0.29) is 12.3 Å². The summed E-state index contributed by atoms with van der Waals surface area (Å²) in [6.45, 7) is 1.78. The molecule has 1 heterocycles. The molecule has 1 aromatic rings. The van der Waals surface area contributed by atoms with Crippen molar-refractivity contribution in [3.8, 4) is 6.07 Å². The van der Waals surface area contributed by atoms with Gasteiger partial charge >= 0.3 is 0 Å². The number of rotatable bonds is 2. The van der Waals surface area contributed by atoms with Gasteiger partial charge in [-0.3, -0.25) is 10.1 Å². The molecule has 1 rings (SSSR count). The van der Waals surface area contributed by atoms with Crippen molar-refractivity contribution in [2.75, 3.05) is 5.32 Å². The lowest BCUT2D eigenvalue weighted by atomic mass is 10.4. The van der Waals surface area contributed by atoms with Crippen LogP contribution in [-0.2, 0) is 4.79 Å². The number of carbonyl (C=O) groups excluding carboxylic acids is 1. The van der Waals surface area contributed by atoms with Crippen molar-refractivity contribution in [1.82, 2.24) is 0 Å². The Bertz CT molecular complexity index is 322. The first-order chi connectivity index (χ1) is 5.72. The lowest BCUT2D eigenvalue weighted by Crippen LogP contribution is -2.09. The second-order valence-electron chi connectivity index (χ2n) is 2.29. The number of amides is 1. The normalized spacial score (nSPS) is 9.00. The minimum absolute atomic E-state index is 0.153. The van der Waals surface area contributed by atoms with E-state index in [1.807, 2.05) is 0 Å². The third-order valence-corrected chi connectivity index (χ3v) is 1.24. The summed E-state index contributed by atoms with van der Waals surface area (Å²) in [5.41, 5.74) is 0. The summed E-state index contributed by atoms with van der Waals surface area (Å²) >= 11 is 0. The number of aryl methyl sites for hydroxylation is 1. The lowest BCUT2D eigenvalue weighted by Gasteiger charge is -1.95. The second kappa shape index (κ2) is 3.58. The summed E-state index contributed by atoms with van der Waals surface area (Å²) in [4.78, 5) is 10.8. The van der Waals surface area contributed by atoms with Crippen LogP contribution in [0.1, 0.15) is 12.2 Å². The Morgan fingerprint density at radius 3 is 3.00 bits per heavy atom. The highest BCUT2D eigenvalue weighted by molar-refractivity contribution is 5.90. The molecule has 1 amide bonds. The SMILES string of the molecule is Cc1ccc(NC(=O)CC#N)o1. The average molecular weight is 164 g/mol. The van der Waals surface area contributed by atoms with Crippen LogP contribution >= 0.6 is 0 Å². The van der Waals surface area contributed by atoms with Crippen LogP contribution in [0.2, 0.25) is 0 Å². The van der Waals surface area contributed by atoms with Crippen molar-refractivity contribution in [3.05, 3.63) is 17.9 Å². The fourth-order valence-electron chi connectivity index (χ4n) is 0.755. The molecule has 0 fully saturated rings. The van der Waals surface area contributed by atoms with Crippen LogP contribution in [0.3, 0.4) is 0 Å². The Morgan fingerprint density at radius 1 is 1.75 bits per heavy atom. The Morgan fingerprint density at radius 2 is 2.50 bits per heavy atom. The maximum Gasteiger partial charge on any atom is 0.240 e. The predicted octanol–water partition coefficient (Wildman–Crippen LogP) is 1.44. The minimum Gasteiger partial charge on any atom is -0.446 e. The summed E-state index contributed by atoms with van der Waals surface area (Å²) in [5, 5.41) is 10.6. The van der Waals surface area contributed by atoms with Crippen molar-refractivity contribution >= 4 is 11.8 Å². The largest absolute Gasteiger partial charge is 0.446 e. The van der Waals surface area contributed by atoms with Gasteiger partial charge in [0, 0.05) is 6.07 Å². The molecule has 0 radical (unpaired) electrons. The summed E-state index contributed by atoms with van der Waals surface area (Å²) < 4.78 is 5.06. The molecule has 12 heavy (non-hydrogen) atoms. The topological polar surface area (TPSA) is 66.0 Å². The van der Waals surface area contributed by atoms with Crippen molar-refractivity contribution in [2.45, 2.75) is 13.3 Å². The van der Waals surface area contributed by atoms with Gasteiger partial charge < -0.3 is 4.42 Å². The Labute approximate surface area is 69.8 Å². The minimum atomic E-state index is -0.355. The molecular formula is C8H8N2O2. The van der Waals surface area contributed by atoms with Crippen LogP contribution in [0.4, 0.5) is 5.88 Å². The van der Waals surface area contributed by atoms with Crippen molar-refractivity contribution in [1.29, 1.82) is 5.26 Å². The van der Waals surface area contributed by atoms with Gasteiger partial charge in [0.1, 0.15) is 12.2 Å². The average Bonchev–Trinajstić information content (AvgIpc) is 2.36. The zero-order valence-corrected chi connectivity index (χ0v) is 6.63. The molecule has 0 unspecified atom stereocenters. The van der Waals surface area contributed by atoms with Gasteiger partial charge in [-0.2, -0.15) is 5.26 Å². The van der Waals surface area contributed by atoms with Crippen LogP contribution in [0.25, 0.3) is 0 Å². The first-order valence-corrected chi connectivity index (χ1v) is 3.45. The van der Waals surface area contributed by atoms with Gasteiger partial charge in [-0.1, -0.05) is 0 Å². The zero-order chi connectivity index (χ0) is 8.97. The Hall–Kier alpha value is -1.76. The molecule has 0 atom stereocenters. The van der Waals surface area contributed by atoms with E-state index in [0.29, 0.717) is 5.88 Å². The third kappa shape index (κ3) is 2.13. The van der Waals surface area contributed by atoms with Crippen LogP contribution in [0.15, 0.2) is 16.5 Å². The maximum absolute atomic E-state index is 10.8. The standard InChI is InChI=1S/C8H8N2O2/c1-6-2-3-8(12-6)10-7(11)4-5-9/h2-3H,4H2,1H3,(H,10,11). The molecule has 4 nitrogen and oxygen atoms in total. The first-order valence-electron chi connectivity index (χ1n) is 3.45. The smallest absolute Gasteiger partial charge is 0.240 e. The number of nitrogens with zero attached hydrogens (tertiary/aromatic N) is 1. The lowest BCUT2D eigenvalue weighted by molar-refractivity contribution is -0.115. The van der Waals surface area contributed by atoms with Crippen LogP contribution in [-0.4, -0.2) is 5.91 Å². The number of nitrogens with one attached hydrogen (secondary N) is 1. The maximum atomic E-state index is 10.8. The summed E-state index contributed by atoms with van der Waals surface area (Å²) in [6, 6.07) is 5.12. The number of hydrogen-bond acceptors (Lipinski definition) is 3. The van der Waals surface area contributed by atoms with E-state index in [4.69, 9.17) is 9.68 Å². The molecule has 0 aliphatic carbocycles. The molecular weight excluding hydrogens is 156 g/mol. The third-order valence-electron chi connectivity index (χ3n) is 1.24. The van der Waals surface area contributed by atoms with Gasteiger partial charge in [0.05, 0.1) is 6.07 Å². The quantitative estimate of drug-likeness (QED) is 0.719. The van der Waals surface area contributed by atoms with Gasteiger partial charge in [0.15, 0.2) is 5.88 Å². The Kier molecular flexibility index (Phi) is 2.49. The van der Waals surface area contributed by atoms with Gasteiger partial charge in [0.25, 0.3) is 0 Å². The molecule has 0 aromatic carbocycles. The van der Waals surface area contributed by atoms with Crippen molar-refractivity contribution in [3.63, 3.8) is 0 Å². The van der Waals surface area contributed by atoms with Crippen LogP contribution in [0, 0.1) is 18.3 Å². The fraction of sp³-hybridized carbons (Fsp3) is 0.250. The molecule has 1 aromatic heterocycles. The Balaban J connectivity index is 2.53. The van der Waals surface area contributed by atoms with Gasteiger partial charge in [-0.15, -0.1) is 0 Å². The molecule has 0 aliphatic rings. The molecule has 1 N–H and O–H groups in total.